The van der Waals surface area contributed by atoms with E-state index in [1.54, 1.807) is 7.05 Å². The van der Waals surface area contributed by atoms with E-state index in [2.05, 4.69) is 15.1 Å². The first-order chi connectivity index (χ1) is 7.93. The Hall–Kier alpha value is -0.920. The lowest BCUT2D eigenvalue weighted by Crippen LogP contribution is -2.47. The Kier molecular flexibility index (Phi) is 3.24. The molecule has 2 rings (SSSR count). The smallest absolute Gasteiger partial charge is 0.257 e. The molecule has 7 heteroatoms. The summed E-state index contributed by atoms with van der Waals surface area (Å²) in [6.45, 7) is 3.39. The number of rotatable bonds is 4. The van der Waals surface area contributed by atoms with E-state index in [4.69, 9.17) is 0 Å². The number of sulfonamides is 1. The van der Waals surface area contributed by atoms with Crippen LogP contribution in [0.4, 0.5) is 0 Å². The normalized spacial score (nSPS) is 25.3. The van der Waals surface area contributed by atoms with E-state index < -0.39 is 10.0 Å². The van der Waals surface area contributed by atoms with Crippen LogP contribution in [0, 0.1) is 0 Å². The molecule has 1 saturated heterocycles. The minimum Gasteiger partial charge on any atom is -0.310 e. The lowest BCUT2D eigenvalue weighted by molar-refractivity contribution is 0.408. The summed E-state index contributed by atoms with van der Waals surface area (Å²) in [5, 5.41) is 7.37. The molecule has 0 saturated carbocycles. The van der Waals surface area contributed by atoms with Crippen molar-refractivity contribution >= 4 is 10.0 Å². The molecule has 1 unspecified atom stereocenters. The third kappa shape index (κ3) is 2.67. The van der Waals surface area contributed by atoms with Crippen molar-refractivity contribution < 1.29 is 8.42 Å². The van der Waals surface area contributed by atoms with Gasteiger partial charge in [-0.3, -0.25) is 4.68 Å². The molecule has 0 amide bonds. The fourth-order valence-electron chi connectivity index (χ4n) is 2.06. The topological polar surface area (TPSA) is 76.0 Å². The predicted molar refractivity (Wildman–Crippen MR) is 64.0 cm³/mol. The first kappa shape index (κ1) is 12.5. The number of nitrogens with zero attached hydrogens (tertiary/aromatic N) is 2. The third-order valence-corrected chi connectivity index (χ3v) is 4.64. The van der Waals surface area contributed by atoms with Crippen LogP contribution in [0.1, 0.15) is 19.8 Å². The van der Waals surface area contributed by atoms with Gasteiger partial charge in [0.2, 0.25) is 0 Å². The summed E-state index contributed by atoms with van der Waals surface area (Å²) < 4.78 is 28.0. The maximum atomic E-state index is 12.0. The summed E-state index contributed by atoms with van der Waals surface area (Å²) in [5.41, 5.74) is -0.133. The molecule has 0 aliphatic carbocycles. The number of nitrogens with one attached hydrogen (secondary N) is 2. The maximum Gasteiger partial charge on any atom is 0.257 e. The van der Waals surface area contributed by atoms with Gasteiger partial charge >= 0.3 is 0 Å². The van der Waals surface area contributed by atoms with Gasteiger partial charge in [-0.2, -0.15) is 5.10 Å². The number of aryl methyl sites for hydroxylation is 1. The van der Waals surface area contributed by atoms with Crippen LogP contribution in [0.5, 0.6) is 0 Å². The maximum absolute atomic E-state index is 12.0. The summed E-state index contributed by atoms with van der Waals surface area (Å²) in [4.78, 5) is 0. The number of hydrogen-bond acceptors (Lipinski definition) is 4. The van der Waals surface area contributed by atoms with Gasteiger partial charge in [-0.1, -0.05) is 0 Å². The molecular formula is C10H18N4O2S. The van der Waals surface area contributed by atoms with Crippen LogP contribution in [-0.4, -0.2) is 36.8 Å². The minimum absolute atomic E-state index is 0.133. The van der Waals surface area contributed by atoms with E-state index in [1.165, 1.54) is 16.9 Å². The zero-order valence-corrected chi connectivity index (χ0v) is 10.9. The van der Waals surface area contributed by atoms with Crippen molar-refractivity contribution in [1.82, 2.24) is 19.8 Å². The van der Waals surface area contributed by atoms with Crippen LogP contribution in [0.3, 0.4) is 0 Å². The summed E-state index contributed by atoms with van der Waals surface area (Å²) in [6.07, 6.45) is 3.55. The van der Waals surface area contributed by atoms with Crippen LogP contribution < -0.4 is 10.0 Å². The van der Waals surface area contributed by atoms with Gasteiger partial charge in [0.1, 0.15) is 0 Å². The largest absolute Gasteiger partial charge is 0.310 e. The summed E-state index contributed by atoms with van der Waals surface area (Å²) in [7, 11) is -1.85. The molecule has 2 heterocycles. The van der Waals surface area contributed by atoms with Gasteiger partial charge < -0.3 is 5.32 Å². The van der Waals surface area contributed by atoms with Gasteiger partial charge in [-0.05, 0) is 32.4 Å². The molecule has 0 aromatic carbocycles. The molecule has 96 valence electrons. The minimum atomic E-state index is -3.46. The highest BCUT2D eigenvalue weighted by Gasteiger charge is 2.30. The second-order valence-corrected chi connectivity index (χ2v) is 6.42. The molecule has 1 aliphatic heterocycles. The first-order valence-electron chi connectivity index (χ1n) is 5.66. The molecule has 2 N–H and O–H groups in total. The SMILES string of the molecule is Cn1nccc1S(=O)(=O)NCC1(C)CCCN1. The average molecular weight is 258 g/mol. The molecular weight excluding hydrogens is 240 g/mol. The van der Waals surface area contributed by atoms with E-state index in [-0.39, 0.29) is 10.6 Å². The van der Waals surface area contributed by atoms with E-state index >= 15 is 0 Å². The van der Waals surface area contributed by atoms with Crippen molar-refractivity contribution in [3.8, 4) is 0 Å². The van der Waals surface area contributed by atoms with Crippen LogP contribution >= 0.6 is 0 Å². The average Bonchev–Trinajstić information content (AvgIpc) is 2.86. The van der Waals surface area contributed by atoms with Crippen molar-refractivity contribution in [2.24, 2.45) is 7.05 Å². The first-order valence-corrected chi connectivity index (χ1v) is 7.14. The highest BCUT2D eigenvalue weighted by Crippen LogP contribution is 2.18. The predicted octanol–water partition coefficient (Wildman–Crippen LogP) is -0.159. The zero-order valence-electron chi connectivity index (χ0n) is 10.1. The monoisotopic (exact) mass is 258 g/mol. The van der Waals surface area contributed by atoms with Crippen molar-refractivity contribution in [2.45, 2.75) is 30.3 Å². The lowest BCUT2D eigenvalue weighted by Gasteiger charge is -2.24. The van der Waals surface area contributed by atoms with Crippen molar-refractivity contribution in [3.05, 3.63) is 12.3 Å². The zero-order chi connectivity index (χ0) is 12.5. The molecule has 1 atom stereocenters. The van der Waals surface area contributed by atoms with Gasteiger partial charge in [0.15, 0.2) is 5.03 Å². The van der Waals surface area contributed by atoms with Crippen LogP contribution in [0.15, 0.2) is 17.3 Å². The number of hydrogen-bond donors (Lipinski definition) is 2. The number of aromatic nitrogens is 2. The molecule has 17 heavy (non-hydrogen) atoms. The Balaban J connectivity index is 2.06. The molecule has 6 nitrogen and oxygen atoms in total. The van der Waals surface area contributed by atoms with E-state index in [9.17, 15) is 8.42 Å². The fourth-order valence-corrected chi connectivity index (χ4v) is 3.35. The molecule has 0 radical (unpaired) electrons. The fraction of sp³-hybridized carbons (Fsp3) is 0.700. The van der Waals surface area contributed by atoms with Crippen molar-refractivity contribution in [2.75, 3.05) is 13.1 Å². The van der Waals surface area contributed by atoms with E-state index in [1.807, 2.05) is 6.92 Å². The van der Waals surface area contributed by atoms with Gasteiger partial charge in [0, 0.05) is 19.1 Å². The summed E-state index contributed by atoms with van der Waals surface area (Å²) in [5.74, 6) is 0. The van der Waals surface area contributed by atoms with Gasteiger partial charge in [0.25, 0.3) is 10.0 Å². The van der Waals surface area contributed by atoms with Crippen molar-refractivity contribution in [3.63, 3.8) is 0 Å². The Morgan fingerprint density at radius 1 is 1.65 bits per heavy atom. The molecule has 1 aromatic rings. The molecule has 1 aromatic heterocycles. The molecule has 0 bridgehead atoms. The van der Waals surface area contributed by atoms with Gasteiger partial charge in [-0.25, -0.2) is 13.1 Å². The molecule has 0 spiro atoms. The standard InChI is InChI=1S/C10H18N4O2S/c1-10(5-3-6-11-10)8-13-17(15,16)9-4-7-12-14(9)2/h4,7,11,13H,3,5-6,8H2,1-2H3. The van der Waals surface area contributed by atoms with Gasteiger partial charge in [0.05, 0.1) is 6.20 Å². The third-order valence-electron chi connectivity index (χ3n) is 3.16. The van der Waals surface area contributed by atoms with Crippen LogP contribution in [0.2, 0.25) is 0 Å². The lowest BCUT2D eigenvalue weighted by atomic mass is 10.0. The van der Waals surface area contributed by atoms with E-state index in [0.717, 1.165) is 19.4 Å². The molecule has 1 aliphatic rings. The Morgan fingerprint density at radius 3 is 2.94 bits per heavy atom. The second-order valence-electron chi connectivity index (χ2n) is 4.71. The van der Waals surface area contributed by atoms with Crippen LogP contribution in [-0.2, 0) is 17.1 Å². The van der Waals surface area contributed by atoms with Crippen molar-refractivity contribution in [1.29, 1.82) is 0 Å². The Morgan fingerprint density at radius 2 is 2.41 bits per heavy atom. The van der Waals surface area contributed by atoms with Crippen LogP contribution in [0.25, 0.3) is 0 Å². The molecule has 1 fully saturated rings. The Labute approximate surface area is 101 Å². The summed E-state index contributed by atoms with van der Waals surface area (Å²) >= 11 is 0. The highest BCUT2D eigenvalue weighted by molar-refractivity contribution is 7.89. The highest BCUT2D eigenvalue weighted by atomic mass is 32.2. The summed E-state index contributed by atoms with van der Waals surface area (Å²) in [6, 6.07) is 1.49. The van der Waals surface area contributed by atoms with Gasteiger partial charge in [-0.15, -0.1) is 0 Å². The second kappa shape index (κ2) is 4.40. The Bertz CT molecular complexity index is 488. The van der Waals surface area contributed by atoms with E-state index in [0.29, 0.717) is 6.54 Å². The quantitative estimate of drug-likeness (QED) is 0.787.